The third-order valence-electron chi connectivity index (χ3n) is 5.81. The molecule has 4 N–H and O–H groups in total. The molecular formula is C22H25ClO7. The van der Waals surface area contributed by atoms with Crippen molar-refractivity contribution in [3.63, 3.8) is 0 Å². The molecular weight excluding hydrogens is 412 g/mol. The van der Waals surface area contributed by atoms with Crippen LogP contribution in [0, 0.1) is 0 Å². The monoisotopic (exact) mass is 436 g/mol. The second kappa shape index (κ2) is 8.09. The number of aliphatic hydroxyl groups excluding tert-OH is 4. The maximum Gasteiger partial charge on any atom is 0.225 e. The largest absolute Gasteiger partial charge is 0.494 e. The van der Waals surface area contributed by atoms with E-state index in [1.165, 1.54) is 0 Å². The molecule has 2 heterocycles. The van der Waals surface area contributed by atoms with E-state index >= 15 is 0 Å². The minimum Gasteiger partial charge on any atom is -0.494 e. The topological polar surface area (TPSA) is 109 Å². The molecule has 5 atom stereocenters. The second-order valence-electron chi connectivity index (χ2n) is 7.72. The molecule has 2 bridgehead atoms. The van der Waals surface area contributed by atoms with Crippen LogP contribution in [0.25, 0.3) is 0 Å². The van der Waals surface area contributed by atoms with E-state index in [0.717, 1.165) is 16.9 Å². The Bertz CT molecular complexity index is 905. The van der Waals surface area contributed by atoms with Gasteiger partial charge in [0.2, 0.25) is 5.79 Å². The van der Waals surface area contributed by atoms with Crippen LogP contribution < -0.4 is 4.74 Å². The molecule has 8 heteroatoms. The molecule has 2 saturated heterocycles. The minimum atomic E-state index is -1.71. The van der Waals surface area contributed by atoms with Gasteiger partial charge in [-0.2, -0.15) is 0 Å². The van der Waals surface area contributed by atoms with E-state index in [1.807, 2.05) is 31.2 Å². The quantitative estimate of drug-likeness (QED) is 0.541. The van der Waals surface area contributed by atoms with Crippen molar-refractivity contribution in [3.05, 3.63) is 64.2 Å². The highest BCUT2D eigenvalue weighted by Crippen LogP contribution is 2.49. The first-order chi connectivity index (χ1) is 14.3. The summed E-state index contributed by atoms with van der Waals surface area (Å²) in [5, 5.41) is 41.7. The first-order valence-corrected chi connectivity index (χ1v) is 10.2. The lowest BCUT2D eigenvalue weighted by molar-refractivity contribution is -0.329. The second-order valence-corrected chi connectivity index (χ2v) is 8.13. The lowest BCUT2D eigenvalue weighted by Gasteiger charge is -2.46. The first-order valence-electron chi connectivity index (χ1n) is 9.85. The van der Waals surface area contributed by atoms with Crippen LogP contribution in [-0.4, -0.2) is 64.2 Å². The Morgan fingerprint density at radius 1 is 1.10 bits per heavy atom. The summed E-state index contributed by atoms with van der Waals surface area (Å²) in [5.41, 5.74) is 0.719. The fraction of sp³-hybridized carbons (Fsp3) is 0.455. The normalized spacial score (nSPS) is 32.9. The zero-order chi connectivity index (χ0) is 21.5. The Balaban J connectivity index is 1.66. The molecule has 4 rings (SSSR count). The van der Waals surface area contributed by atoms with Gasteiger partial charge in [0.05, 0.1) is 19.8 Å². The van der Waals surface area contributed by atoms with E-state index in [-0.39, 0.29) is 6.61 Å². The molecule has 7 nitrogen and oxygen atoms in total. The third-order valence-corrected chi connectivity index (χ3v) is 6.17. The number of halogens is 1. The maximum atomic E-state index is 10.7. The lowest BCUT2D eigenvalue weighted by Crippen LogP contribution is -2.65. The average molecular weight is 437 g/mol. The number of hydrogen-bond acceptors (Lipinski definition) is 7. The zero-order valence-electron chi connectivity index (χ0n) is 16.5. The molecule has 2 aliphatic rings. The molecule has 0 aromatic heterocycles. The SMILES string of the molecule is CCOc1ccc(Cc2cc([C@]34OCC(CO)(O3)[C@@H](O)[C@H](O)C4O)ccc2Cl)cc1. The van der Waals surface area contributed by atoms with Crippen LogP contribution in [0.5, 0.6) is 5.75 Å². The first kappa shape index (κ1) is 21.5. The highest BCUT2D eigenvalue weighted by molar-refractivity contribution is 6.31. The molecule has 30 heavy (non-hydrogen) atoms. The highest BCUT2D eigenvalue weighted by Gasteiger charge is 2.67. The van der Waals surface area contributed by atoms with Gasteiger partial charge in [0.25, 0.3) is 0 Å². The Labute approximate surface area is 179 Å². The molecule has 0 radical (unpaired) electrons. The zero-order valence-corrected chi connectivity index (χ0v) is 17.2. The average Bonchev–Trinajstić information content (AvgIpc) is 3.14. The fourth-order valence-corrected chi connectivity index (χ4v) is 4.28. The predicted octanol–water partition coefficient (Wildman–Crippen LogP) is 1.36. The molecule has 162 valence electrons. The Morgan fingerprint density at radius 2 is 1.83 bits per heavy atom. The summed E-state index contributed by atoms with van der Waals surface area (Å²) in [4.78, 5) is 0. The Morgan fingerprint density at radius 3 is 2.50 bits per heavy atom. The summed E-state index contributed by atoms with van der Waals surface area (Å²) in [6.07, 6.45) is -4.06. The third kappa shape index (κ3) is 3.40. The van der Waals surface area contributed by atoms with Crippen molar-refractivity contribution in [1.29, 1.82) is 0 Å². The van der Waals surface area contributed by atoms with Gasteiger partial charge in [-0.05, 0) is 48.7 Å². The number of aliphatic hydroxyl groups is 4. The Hall–Kier alpha value is -1.71. The minimum absolute atomic E-state index is 0.171. The van der Waals surface area contributed by atoms with E-state index in [1.54, 1.807) is 18.2 Å². The molecule has 2 fully saturated rings. The van der Waals surface area contributed by atoms with Crippen molar-refractivity contribution >= 4 is 11.6 Å². The van der Waals surface area contributed by atoms with Gasteiger partial charge < -0.3 is 34.6 Å². The van der Waals surface area contributed by atoms with Gasteiger partial charge in [-0.3, -0.25) is 0 Å². The van der Waals surface area contributed by atoms with Crippen molar-refractivity contribution in [3.8, 4) is 5.75 Å². The lowest BCUT2D eigenvalue weighted by atomic mass is 9.83. The summed E-state index contributed by atoms with van der Waals surface area (Å²) in [7, 11) is 0. The molecule has 2 unspecified atom stereocenters. The van der Waals surface area contributed by atoms with E-state index < -0.39 is 36.3 Å². The molecule has 2 aromatic rings. The summed E-state index contributed by atoms with van der Waals surface area (Å²) in [6.45, 7) is 1.78. The maximum absolute atomic E-state index is 10.7. The summed E-state index contributed by atoms with van der Waals surface area (Å²) >= 11 is 6.41. The molecule has 0 spiro atoms. The number of rotatable bonds is 6. The smallest absolute Gasteiger partial charge is 0.225 e. The van der Waals surface area contributed by atoms with Crippen LogP contribution in [0.15, 0.2) is 42.5 Å². The van der Waals surface area contributed by atoms with Crippen LogP contribution in [0.4, 0.5) is 0 Å². The van der Waals surface area contributed by atoms with E-state index in [0.29, 0.717) is 23.6 Å². The molecule has 0 aliphatic carbocycles. The number of ether oxygens (including phenoxy) is 3. The van der Waals surface area contributed by atoms with Gasteiger partial charge >= 0.3 is 0 Å². The predicted molar refractivity (Wildman–Crippen MR) is 108 cm³/mol. The number of benzene rings is 2. The van der Waals surface area contributed by atoms with Gasteiger partial charge in [0.1, 0.15) is 29.7 Å². The number of hydrogen-bond donors (Lipinski definition) is 4. The van der Waals surface area contributed by atoms with Gasteiger partial charge in [0, 0.05) is 10.6 Å². The van der Waals surface area contributed by atoms with Crippen LogP contribution in [0.3, 0.4) is 0 Å². The van der Waals surface area contributed by atoms with Crippen molar-refractivity contribution in [1.82, 2.24) is 0 Å². The highest BCUT2D eigenvalue weighted by atomic mass is 35.5. The van der Waals surface area contributed by atoms with Crippen LogP contribution in [0.1, 0.15) is 23.6 Å². The van der Waals surface area contributed by atoms with Gasteiger partial charge in [-0.15, -0.1) is 0 Å². The van der Waals surface area contributed by atoms with Gasteiger partial charge in [0.15, 0.2) is 0 Å². The summed E-state index contributed by atoms with van der Waals surface area (Å²) in [5.74, 6) is -0.925. The molecule has 0 amide bonds. The van der Waals surface area contributed by atoms with E-state index in [9.17, 15) is 20.4 Å². The number of fused-ring (bicyclic) bond motifs is 2. The van der Waals surface area contributed by atoms with Crippen LogP contribution in [0.2, 0.25) is 5.02 Å². The van der Waals surface area contributed by atoms with E-state index in [4.69, 9.17) is 25.8 Å². The fourth-order valence-electron chi connectivity index (χ4n) is 4.09. The van der Waals surface area contributed by atoms with Gasteiger partial charge in [-0.25, -0.2) is 0 Å². The standard InChI is InChI=1S/C22H25ClO7/c1-2-28-16-6-3-13(4-7-16)9-14-10-15(5-8-17(14)23)22-20(27)18(25)19(26)21(11-24,30-22)12-29-22/h3-8,10,18-20,24-27H,2,9,11-12H2,1H3/t18-,19-,20?,21?,22-/m0/s1. The van der Waals surface area contributed by atoms with Crippen LogP contribution >= 0.6 is 11.6 Å². The van der Waals surface area contributed by atoms with Crippen molar-refractivity contribution < 1.29 is 34.6 Å². The molecule has 2 aliphatic heterocycles. The molecule has 0 saturated carbocycles. The van der Waals surface area contributed by atoms with Crippen molar-refractivity contribution in [2.24, 2.45) is 0 Å². The summed E-state index contributed by atoms with van der Waals surface area (Å²) in [6, 6.07) is 12.7. The summed E-state index contributed by atoms with van der Waals surface area (Å²) < 4.78 is 17.1. The van der Waals surface area contributed by atoms with Crippen molar-refractivity contribution in [2.45, 2.75) is 43.0 Å². The van der Waals surface area contributed by atoms with Crippen molar-refractivity contribution in [2.75, 3.05) is 19.8 Å². The molecule has 2 aromatic carbocycles. The van der Waals surface area contributed by atoms with Crippen LogP contribution in [-0.2, 0) is 21.7 Å². The Kier molecular flexibility index (Phi) is 5.80. The van der Waals surface area contributed by atoms with Gasteiger partial charge in [-0.1, -0.05) is 29.8 Å². The van der Waals surface area contributed by atoms with E-state index in [2.05, 4.69) is 0 Å².